The third-order valence-electron chi connectivity index (χ3n) is 2.35. The standard InChI is InChI=1S/C12H16N4O2/c1-2-3-11-15-12(18-16-11)8-17-10-5-4-9(6-13)14-7-10/h4-5,7H,2-3,6,8,13H2,1H3. The summed E-state index contributed by atoms with van der Waals surface area (Å²) in [7, 11) is 0. The first-order valence-corrected chi connectivity index (χ1v) is 5.91. The summed E-state index contributed by atoms with van der Waals surface area (Å²) in [5.74, 6) is 1.84. The lowest BCUT2D eigenvalue weighted by molar-refractivity contribution is 0.241. The molecular weight excluding hydrogens is 232 g/mol. The molecule has 0 aliphatic rings. The van der Waals surface area contributed by atoms with Crippen molar-refractivity contribution in [2.45, 2.75) is 32.9 Å². The molecule has 0 aliphatic heterocycles. The molecule has 2 N–H and O–H groups in total. The Kier molecular flexibility index (Phi) is 4.25. The Morgan fingerprint density at radius 1 is 1.39 bits per heavy atom. The zero-order valence-corrected chi connectivity index (χ0v) is 10.3. The van der Waals surface area contributed by atoms with E-state index in [1.807, 2.05) is 12.1 Å². The highest BCUT2D eigenvalue weighted by atomic mass is 16.5. The van der Waals surface area contributed by atoms with Crippen LogP contribution in [0, 0.1) is 0 Å². The van der Waals surface area contributed by atoms with Gasteiger partial charge in [0.25, 0.3) is 5.89 Å². The van der Waals surface area contributed by atoms with Gasteiger partial charge in [0.15, 0.2) is 12.4 Å². The fourth-order valence-electron chi connectivity index (χ4n) is 1.44. The molecule has 0 unspecified atom stereocenters. The van der Waals surface area contributed by atoms with Crippen LogP contribution < -0.4 is 10.5 Å². The number of aromatic nitrogens is 3. The number of rotatable bonds is 6. The van der Waals surface area contributed by atoms with Crippen molar-refractivity contribution >= 4 is 0 Å². The normalized spacial score (nSPS) is 10.6. The Morgan fingerprint density at radius 3 is 2.94 bits per heavy atom. The third-order valence-corrected chi connectivity index (χ3v) is 2.35. The maximum absolute atomic E-state index is 5.48. The second kappa shape index (κ2) is 6.11. The smallest absolute Gasteiger partial charge is 0.264 e. The van der Waals surface area contributed by atoms with Crippen molar-refractivity contribution in [3.63, 3.8) is 0 Å². The number of nitrogens with zero attached hydrogens (tertiary/aromatic N) is 3. The van der Waals surface area contributed by atoms with E-state index in [-0.39, 0.29) is 6.61 Å². The van der Waals surface area contributed by atoms with Crippen LogP contribution in [-0.4, -0.2) is 15.1 Å². The van der Waals surface area contributed by atoms with Crippen LogP contribution in [0.3, 0.4) is 0 Å². The second-order valence-electron chi connectivity index (χ2n) is 3.83. The quantitative estimate of drug-likeness (QED) is 0.832. The van der Waals surface area contributed by atoms with E-state index >= 15 is 0 Å². The van der Waals surface area contributed by atoms with Gasteiger partial charge >= 0.3 is 0 Å². The molecule has 0 fully saturated rings. The molecule has 0 aliphatic carbocycles. The average Bonchev–Trinajstić information content (AvgIpc) is 2.85. The number of aryl methyl sites for hydroxylation is 1. The summed E-state index contributed by atoms with van der Waals surface area (Å²) in [6, 6.07) is 3.64. The van der Waals surface area contributed by atoms with Crippen LogP contribution in [-0.2, 0) is 19.6 Å². The highest BCUT2D eigenvalue weighted by molar-refractivity contribution is 5.19. The van der Waals surface area contributed by atoms with Crippen molar-refractivity contribution in [3.05, 3.63) is 35.7 Å². The molecule has 2 aromatic rings. The molecular formula is C12H16N4O2. The fourth-order valence-corrected chi connectivity index (χ4v) is 1.44. The van der Waals surface area contributed by atoms with E-state index in [4.69, 9.17) is 15.0 Å². The number of hydrogen-bond acceptors (Lipinski definition) is 6. The lowest BCUT2D eigenvalue weighted by Gasteiger charge is -2.02. The van der Waals surface area contributed by atoms with E-state index in [1.165, 1.54) is 0 Å². The molecule has 0 saturated heterocycles. The zero-order chi connectivity index (χ0) is 12.8. The number of ether oxygens (including phenoxy) is 1. The van der Waals surface area contributed by atoms with Gasteiger partial charge in [-0.05, 0) is 18.6 Å². The molecule has 6 nitrogen and oxygen atoms in total. The Bertz CT molecular complexity index is 481. The van der Waals surface area contributed by atoms with E-state index < -0.39 is 0 Å². The first-order chi connectivity index (χ1) is 8.81. The first kappa shape index (κ1) is 12.5. The predicted octanol–water partition coefficient (Wildman–Crippen LogP) is 1.45. The Balaban J connectivity index is 1.89. The Hall–Kier alpha value is -1.95. The van der Waals surface area contributed by atoms with Crippen molar-refractivity contribution in [2.24, 2.45) is 5.73 Å². The highest BCUT2D eigenvalue weighted by Gasteiger charge is 2.06. The van der Waals surface area contributed by atoms with Crippen molar-refractivity contribution < 1.29 is 9.26 Å². The summed E-state index contributed by atoms with van der Waals surface area (Å²) in [5.41, 5.74) is 6.28. The minimum absolute atomic E-state index is 0.250. The summed E-state index contributed by atoms with van der Waals surface area (Å²) in [6.45, 7) is 2.74. The van der Waals surface area contributed by atoms with Crippen LogP contribution >= 0.6 is 0 Å². The predicted molar refractivity (Wildman–Crippen MR) is 64.8 cm³/mol. The summed E-state index contributed by atoms with van der Waals surface area (Å²) >= 11 is 0. The SMILES string of the molecule is CCCc1noc(COc2ccc(CN)nc2)n1. The Labute approximate surface area is 105 Å². The molecule has 0 bridgehead atoms. The monoisotopic (exact) mass is 248 g/mol. The highest BCUT2D eigenvalue weighted by Crippen LogP contribution is 2.11. The van der Waals surface area contributed by atoms with Crippen molar-refractivity contribution in [2.75, 3.05) is 0 Å². The molecule has 0 aromatic carbocycles. The van der Waals surface area contributed by atoms with Crippen molar-refractivity contribution in [1.82, 2.24) is 15.1 Å². The number of nitrogens with two attached hydrogens (primary N) is 1. The van der Waals surface area contributed by atoms with Crippen LogP contribution in [0.5, 0.6) is 5.75 Å². The van der Waals surface area contributed by atoms with E-state index in [2.05, 4.69) is 22.0 Å². The van der Waals surface area contributed by atoms with Gasteiger partial charge in [-0.3, -0.25) is 4.98 Å². The van der Waals surface area contributed by atoms with Gasteiger partial charge in [0.1, 0.15) is 5.75 Å². The molecule has 96 valence electrons. The summed E-state index contributed by atoms with van der Waals surface area (Å²) in [5, 5.41) is 3.85. The molecule has 0 saturated carbocycles. The second-order valence-corrected chi connectivity index (χ2v) is 3.83. The van der Waals surface area contributed by atoms with Crippen LogP contribution in [0.1, 0.15) is 30.8 Å². The topological polar surface area (TPSA) is 87.1 Å². The van der Waals surface area contributed by atoms with Gasteiger partial charge in [-0.15, -0.1) is 0 Å². The molecule has 18 heavy (non-hydrogen) atoms. The molecule has 6 heteroatoms. The summed E-state index contributed by atoms with van der Waals surface area (Å²) in [6.07, 6.45) is 3.44. The number of hydrogen-bond donors (Lipinski definition) is 1. The van der Waals surface area contributed by atoms with Crippen LogP contribution in [0.2, 0.25) is 0 Å². The maximum Gasteiger partial charge on any atom is 0.264 e. The summed E-state index contributed by atoms with van der Waals surface area (Å²) in [4.78, 5) is 8.33. The molecule has 2 aromatic heterocycles. The van der Waals surface area contributed by atoms with E-state index in [0.29, 0.717) is 24.0 Å². The minimum atomic E-state index is 0.250. The molecule has 0 spiro atoms. The minimum Gasteiger partial charge on any atom is -0.482 e. The van der Waals surface area contributed by atoms with Crippen molar-refractivity contribution in [3.8, 4) is 5.75 Å². The molecule has 2 rings (SSSR count). The Morgan fingerprint density at radius 2 is 2.28 bits per heavy atom. The lowest BCUT2D eigenvalue weighted by atomic mass is 10.3. The lowest BCUT2D eigenvalue weighted by Crippen LogP contribution is -2.00. The van der Waals surface area contributed by atoms with Crippen molar-refractivity contribution in [1.29, 1.82) is 0 Å². The van der Waals surface area contributed by atoms with E-state index in [1.54, 1.807) is 6.20 Å². The summed E-state index contributed by atoms with van der Waals surface area (Å²) < 4.78 is 10.5. The van der Waals surface area contributed by atoms with E-state index in [9.17, 15) is 0 Å². The van der Waals surface area contributed by atoms with Crippen LogP contribution in [0.25, 0.3) is 0 Å². The van der Waals surface area contributed by atoms with Gasteiger partial charge in [-0.2, -0.15) is 4.98 Å². The zero-order valence-electron chi connectivity index (χ0n) is 10.3. The first-order valence-electron chi connectivity index (χ1n) is 5.91. The van der Waals surface area contributed by atoms with Gasteiger partial charge in [0.2, 0.25) is 0 Å². The van der Waals surface area contributed by atoms with Gasteiger partial charge in [-0.25, -0.2) is 0 Å². The van der Waals surface area contributed by atoms with Gasteiger partial charge in [-0.1, -0.05) is 12.1 Å². The van der Waals surface area contributed by atoms with Crippen LogP contribution in [0.15, 0.2) is 22.9 Å². The molecule has 2 heterocycles. The van der Waals surface area contributed by atoms with Crippen LogP contribution in [0.4, 0.5) is 0 Å². The van der Waals surface area contributed by atoms with Gasteiger partial charge in [0.05, 0.1) is 11.9 Å². The molecule has 0 radical (unpaired) electrons. The molecule has 0 atom stereocenters. The largest absolute Gasteiger partial charge is 0.482 e. The maximum atomic E-state index is 5.48. The van der Waals surface area contributed by atoms with Gasteiger partial charge < -0.3 is 15.0 Å². The average molecular weight is 248 g/mol. The third kappa shape index (κ3) is 3.27. The number of pyridine rings is 1. The fraction of sp³-hybridized carbons (Fsp3) is 0.417. The van der Waals surface area contributed by atoms with E-state index in [0.717, 1.165) is 18.5 Å². The van der Waals surface area contributed by atoms with Gasteiger partial charge in [0, 0.05) is 13.0 Å². The molecule has 0 amide bonds.